The predicted molar refractivity (Wildman–Crippen MR) is 111 cm³/mol. The molecule has 6 nitrogen and oxygen atoms in total. The number of carboxylic acids is 1. The van der Waals surface area contributed by atoms with Crippen molar-refractivity contribution in [3.05, 3.63) is 65.7 Å². The van der Waals surface area contributed by atoms with Crippen LogP contribution in [0.3, 0.4) is 0 Å². The van der Waals surface area contributed by atoms with Gasteiger partial charge in [-0.15, -0.1) is 0 Å². The van der Waals surface area contributed by atoms with Crippen LogP contribution in [0.2, 0.25) is 0 Å². The second kappa shape index (κ2) is 7.76. The maximum absolute atomic E-state index is 12.6. The van der Waals surface area contributed by atoms with Gasteiger partial charge in [0.2, 0.25) is 5.54 Å². The van der Waals surface area contributed by atoms with Crippen molar-refractivity contribution in [1.82, 2.24) is 0 Å². The molecule has 1 amide bonds. The molecule has 0 saturated carbocycles. The average Bonchev–Trinajstić information content (AvgIpc) is 3.03. The summed E-state index contributed by atoms with van der Waals surface area (Å²) in [5.41, 5.74) is -0.541. The number of carbonyl (C=O) groups is 2. The molecule has 1 aliphatic rings. The first-order valence-corrected chi connectivity index (χ1v) is 10.1. The molecule has 0 aromatic heterocycles. The number of benzene rings is 2. The van der Waals surface area contributed by atoms with E-state index in [-0.39, 0.29) is 6.42 Å². The van der Waals surface area contributed by atoms with Crippen molar-refractivity contribution in [3.8, 4) is 5.75 Å². The Kier molecular flexibility index (Phi) is 5.65. The van der Waals surface area contributed by atoms with Crippen molar-refractivity contribution >= 4 is 12.1 Å². The Morgan fingerprint density at radius 2 is 1.73 bits per heavy atom. The Hall–Kier alpha value is -2.86. The molecule has 0 bridgehead atoms. The van der Waals surface area contributed by atoms with Crippen LogP contribution in [0.4, 0.5) is 4.79 Å². The van der Waals surface area contributed by atoms with Gasteiger partial charge in [-0.1, -0.05) is 30.3 Å². The Balaban J connectivity index is 1.93. The summed E-state index contributed by atoms with van der Waals surface area (Å²) in [5, 5.41) is 22.6. The third-order valence-corrected chi connectivity index (χ3v) is 6.47. The summed E-state index contributed by atoms with van der Waals surface area (Å²) in [6.45, 7) is 7.24. The molecule has 6 heteroatoms. The smallest absolute Gasteiger partial charge is 0.365 e. The van der Waals surface area contributed by atoms with E-state index in [0.717, 1.165) is 11.1 Å². The highest BCUT2D eigenvalue weighted by molar-refractivity contribution is 5.80. The highest BCUT2D eigenvalue weighted by Crippen LogP contribution is 2.54. The maximum Gasteiger partial charge on any atom is 0.365 e. The monoisotopic (exact) mass is 411 g/mol. The summed E-state index contributed by atoms with van der Waals surface area (Å²) >= 11 is 0. The number of hydrogen-bond donors (Lipinski definition) is 1. The quantitative estimate of drug-likeness (QED) is 0.754. The largest absolute Gasteiger partial charge is 0.498 e. The summed E-state index contributed by atoms with van der Waals surface area (Å²) in [4.78, 5) is 24.8. The average molecular weight is 411 g/mol. The van der Waals surface area contributed by atoms with Gasteiger partial charge >= 0.3 is 5.97 Å². The van der Waals surface area contributed by atoms with Crippen LogP contribution >= 0.6 is 0 Å². The molecule has 1 saturated heterocycles. The SMILES string of the molecule is CC(C)(C)[N+]1(C(=O)[O-])[C@@H](c2ccc(OCc3ccccc3)cc2)CC[C@@]1(C)C(=O)O. The molecule has 2 aromatic carbocycles. The minimum Gasteiger partial charge on any atom is -0.498 e. The molecule has 1 fully saturated rings. The Morgan fingerprint density at radius 3 is 2.23 bits per heavy atom. The summed E-state index contributed by atoms with van der Waals surface area (Å²) in [5.74, 6) is -0.448. The summed E-state index contributed by atoms with van der Waals surface area (Å²) in [6, 6.07) is 16.6. The van der Waals surface area contributed by atoms with Gasteiger partial charge in [-0.3, -0.25) is 4.48 Å². The molecule has 1 heterocycles. The standard InChI is InChI=1S/C24H29NO5/c1-23(2,3)25(22(28)29)20(14-15-24(25,4)21(26)27)18-10-12-19(13-11-18)30-16-17-8-6-5-7-9-17/h5-13,20H,14-16H2,1-4H3,(H-,26,27,28,29)/t20-,24+,25?/m1/s1. The van der Waals surface area contributed by atoms with Gasteiger partial charge in [0, 0.05) is 25.3 Å². The molecular weight excluding hydrogens is 382 g/mol. The molecule has 3 rings (SSSR count). The molecule has 0 aliphatic carbocycles. The van der Waals surface area contributed by atoms with E-state index in [4.69, 9.17) is 4.74 Å². The van der Waals surface area contributed by atoms with Crippen molar-refractivity contribution in [1.29, 1.82) is 0 Å². The fourth-order valence-electron chi connectivity index (χ4n) is 5.12. The number of quaternary nitrogens is 1. The first-order chi connectivity index (χ1) is 14.0. The fourth-order valence-corrected chi connectivity index (χ4v) is 5.12. The van der Waals surface area contributed by atoms with Crippen LogP contribution in [0.5, 0.6) is 5.75 Å². The number of carbonyl (C=O) groups excluding carboxylic acids is 1. The number of ether oxygens (including phenoxy) is 1. The van der Waals surface area contributed by atoms with E-state index in [2.05, 4.69) is 0 Å². The highest BCUT2D eigenvalue weighted by Gasteiger charge is 2.68. The first kappa shape index (κ1) is 21.8. The summed E-state index contributed by atoms with van der Waals surface area (Å²) in [6.07, 6.45) is -0.665. The van der Waals surface area contributed by atoms with Crippen molar-refractivity contribution in [3.63, 3.8) is 0 Å². The zero-order valence-corrected chi connectivity index (χ0v) is 17.9. The van der Waals surface area contributed by atoms with E-state index >= 15 is 0 Å². The van der Waals surface area contributed by atoms with Crippen molar-refractivity contribution < 1.29 is 29.0 Å². The second-order valence-corrected chi connectivity index (χ2v) is 9.14. The third kappa shape index (κ3) is 3.35. The summed E-state index contributed by atoms with van der Waals surface area (Å²) < 4.78 is 5.17. The number of aliphatic carboxylic acids is 1. The van der Waals surface area contributed by atoms with E-state index in [1.54, 1.807) is 32.9 Å². The van der Waals surface area contributed by atoms with E-state index in [0.29, 0.717) is 18.8 Å². The zero-order valence-electron chi connectivity index (χ0n) is 17.9. The molecule has 0 radical (unpaired) electrons. The summed E-state index contributed by atoms with van der Waals surface area (Å²) in [7, 11) is 0. The molecule has 1 unspecified atom stereocenters. The lowest BCUT2D eigenvalue weighted by atomic mass is 9.88. The van der Waals surface area contributed by atoms with Crippen LogP contribution in [0.25, 0.3) is 0 Å². The van der Waals surface area contributed by atoms with Gasteiger partial charge in [0.1, 0.15) is 18.4 Å². The highest BCUT2D eigenvalue weighted by atomic mass is 16.5. The van der Waals surface area contributed by atoms with Gasteiger partial charge in [0.25, 0.3) is 6.09 Å². The minimum atomic E-state index is -1.48. The number of amides is 1. The van der Waals surface area contributed by atoms with Crippen LogP contribution in [0.1, 0.15) is 57.7 Å². The molecular formula is C24H29NO5. The van der Waals surface area contributed by atoms with Gasteiger partial charge in [0.15, 0.2) is 0 Å². The lowest BCUT2D eigenvalue weighted by Crippen LogP contribution is -2.76. The molecule has 2 aromatic rings. The minimum absolute atomic E-state index is 0.254. The van der Waals surface area contributed by atoms with Gasteiger partial charge < -0.3 is 19.7 Å². The Labute approximate surface area is 177 Å². The molecule has 0 spiro atoms. The number of rotatable bonds is 5. The van der Waals surface area contributed by atoms with Crippen LogP contribution in [0, 0.1) is 0 Å². The molecule has 3 atom stereocenters. The van der Waals surface area contributed by atoms with E-state index in [1.165, 1.54) is 6.92 Å². The number of carboxylic acid groups (broad SMARTS) is 2. The normalized spacial score (nSPS) is 26.3. The molecule has 30 heavy (non-hydrogen) atoms. The predicted octanol–water partition coefficient (Wildman–Crippen LogP) is 3.90. The van der Waals surface area contributed by atoms with Gasteiger partial charge in [0.05, 0.1) is 5.54 Å². The van der Waals surface area contributed by atoms with Gasteiger partial charge in [-0.25, -0.2) is 4.79 Å². The lowest BCUT2D eigenvalue weighted by molar-refractivity contribution is -0.968. The van der Waals surface area contributed by atoms with Crippen LogP contribution in [-0.4, -0.2) is 32.7 Å². The van der Waals surface area contributed by atoms with E-state index in [1.807, 2.05) is 42.5 Å². The van der Waals surface area contributed by atoms with Gasteiger partial charge in [-0.2, -0.15) is 0 Å². The number of likely N-dealkylation sites (tertiary alicyclic amines) is 1. The second-order valence-electron chi connectivity index (χ2n) is 9.14. The van der Waals surface area contributed by atoms with Crippen molar-refractivity contribution in [2.75, 3.05) is 0 Å². The Bertz CT molecular complexity index is 919. The zero-order chi connectivity index (χ0) is 22.2. The van der Waals surface area contributed by atoms with Crippen LogP contribution in [0.15, 0.2) is 54.6 Å². The fraction of sp³-hybridized carbons (Fsp3) is 0.417. The van der Waals surface area contributed by atoms with E-state index < -0.39 is 33.7 Å². The van der Waals surface area contributed by atoms with E-state index in [9.17, 15) is 19.8 Å². The topological polar surface area (TPSA) is 86.7 Å². The van der Waals surface area contributed by atoms with Crippen molar-refractivity contribution in [2.45, 2.75) is 64.3 Å². The number of hydrogen-bond acceptors (Lipinski definition) is 4. The molecule has 1 aliphatic heterocycles. The molecule has 160 valence electrons. The maximum atomic E-state index is 12.6. The van der Waals surface area contributed by atoms with Crippen LogP contribution < -0.4 is 9.84 Å². The van der Waals surface area contributed by atoms with Gasteiger partial charge in [-0.05, 0) is 50.6 Å². The van der Waals surface area contributed by atoms with Crippen LogP contribution in [-0.2, 0) is 11.4 Å². The third-order valence-electron chi connectivity index (χ3n) is 6.47. The van der Waals surface area contributed by atoms with Crippen molar-refractivity contribution in [2.24, 2.45) is 0 Å². The first-order valence-electron chi connectivity index (χ1n) is 10.1. The lowest BCUT2D eigenvalue weighted by Gasteiger charge is -2.55. The molecule has 1 N–H and O–H groups in total. The number of nitrogens with zero attached hydrogens (tertiary/aromatic N) is 1. The Morgan fingerprint density at radius 1 is 1.13 bits per heavy atom.